The third-order valence-corrected chi connectivity index (χ3v) is 3.22. The fourth-order valence-electron chi connectivity index (χ4n) is 1.94. The second-order valence-corrected chi connectivity index (χ2v) is 4.45. The Morgan fingerprint density at radius 1 is 1.56 bits per heavy atom. The van der Waals surface area contributed by atoms with Gasteiger partial charge in [-0.3, -0.25) is 4.79 Å². The van der Waals surface area contributed by atoms with Gasteiger partial charge in [0.25, 0.3) is 5.56 Å². The molecule has 88 valence electrons. The number of aliphatic hydroxyl groups excluding tert-OH is 1. The zero-order valence-electron chi connectivity index (χ0n) is 9.63. The first kappa shape index (κ1) is 11.1. The van der Waals surface area contributed by atoms with Crippen molar-refractivity contribution in [1.29, 1.82) is 0 Å². The molecule has 0 aromatic carbocycles. The van der Waals surface area contributed by atoms with Crippen molar-refractivity contribution in [3.05, 3.63) is 22.7 Å². The maximum Gasteiger partial charge on any atom is 0.293 e. The third-order valence-electron chi connectivity index (χ3n) is 3.22. The highest BCUT2D eigenvalue weighted by atomic mass is 16.3. The first-order valence-electron chi connectivity index (χ1n) is 5.54. The summed E-state index contributed by atoms with van der Waals surface area (Å²) in [6.07, 6.45) is 3.76. The molecule has 1 saturated heterocycles. The summed E-state index contributed by atoms with van der Waals surface area (Å²) in [7, 11) is 1.70. The number of piperidine rings is 1. The average Bonchev–Trinajstić information content (AvgIpc) is 2.26. The molecule has 1 fully saturated rings. The van der Waals surface area contributed by atoms with Crippen molar-refractivity contribution in [3.8, 4) is 0 Å². The lowest BCUT2D eigenvalue weighted by molar-refractivity contribution is 0.102. The summed E-state index contributed by atoms with van der Waals surface area (Å²) in [6.45, 7) is 3.30. The van der Waals surface area contributed by atoms with Crippen LogP contribution in [0.5, 0.6) is 0 Å². The zero-order valence-corrected chi connectivity index (χ0v) is 9.63. The number of β-amino-alcohol motifs (C(OH)–C–C–N with tert-alkyl or cyclic N) is 1. The molecule has 1 aromatic rings. The van der Waals surface area contributed by atoms with Gasteiger partial charge in [-0.1, -0.05) is 6.92 Å². The molecule has 1 N–H and O–H groups in total. The molecule has 0 spiro atoms. The van der Waals surface area contributed by atoms with Crippen LogP contribution in [0.15, 0.2) is 17.2 Å². The monoisotopic (exact) mass is 223 g/mol. The van der Waals surface area contributed by atoms with E-state index in [9.17, 15) is 9.90 Å². The van der Waals surface area contributed by atoms with Crippen LogP contribution in [0.2, 0.25) is 0 Å². The average molecular weight is 223 g/mol. The number of aliphatic hydroxyl groups is 1. The molecule has 1 aliphatic heterocycles. The van der Waals surface area contributed by atoms with E-state index >= 15 is 0 Å². The van der Waals surface area contributed by atoms with Crippen LogP contribution >= 0.6 is 0 Å². The van der Waals surface area contributed by atoms with Gasteiger partial charge in [-0.15, -0.1) is 0 Å². The fraction of sp³-hybridized carbons (Fsp3) is 0.636. The Balaban J connectivity index is 2.25. The Hall–Kier alpha value is -1.36. The minimum atomic E-state index is -0.375. The van der Waals surface area contributed by atoms with Gasteiger partial charge in [0.05, 0.1) is 6.10 Å². The summed E-state index contributed by atoms with van der Waals surface area (Å²) in [6, 6.07) is 0. The van der Waals surface area contributed by atoms with Crippen LogP contribution in [0.1, 0.15) is 13.3 Å². The van der Waals surface area contributed by atoms with E-state index in [2.05, 4.69) is 4.98 Å². The summed E-state index contributed by atoms with van der Waals surface area (Å²) < 4.78 is 1.51. The van der Waals surface area contributed by atoms with Crippen LogP contribution in [0, 0.1) is 5.92 Å². The van der Waals surface area contributed by atoms with Gasteiger partial charge in [0, 0.05) is 32.5 Å². The number of hydrogen-bond donors (Lipinski definition) is 1. The zero-order chi connectivity index (χ0) is 11.7. The largest absolute Gasteiger partial charge is 0.391 e. The predicted octanol–water partition coefficient (Wildman–Crippen LogP) is -0.0126. The van der Waals surface area contributed by atoms with Crippen LogP contribution in [0.25, 0.3) is 0 Å². The van der Waals surface area contributed by atoms with E-state index in [1.807, 2.05) is 11.8 Å². The molecule has 2 heterocycles. The summed E-state index contributed by atoms with van der Waals surface area (Å²) in [5.74, 6) is 0.736. The molecule has 0 aliphatic carbocycles. The second kappa shape index (κ2) is 4.25. The van der Waals surface area contributed by atoms with Crippen molar-refractivity contribution in [2.45, 2.75) is 19.4 Å². The topological polar surface area (TPSA) is 58.4 Å². The van der Waals surface area contributed by atoms with Gasteiger partial charge in [-0.05, 0) is 12.3 Å². The molecule has 5 heteroatoms. The van der Waals surface area contributed by atoms with Gasteiger partial charge >= 0.3 is 0 Å². The normalized spacial score (nSPS) is 25.8. The summed E-state index contributed by atoms with van der Waals surface area (Å²) in [5, 5.41) is 9.79. The summed E-state index contributed by atoms with van der Waals surface area (Å²) in [4.78, 5) is 17.8. The third kappa shape index (κ3) is 1.95. The van der Waals surface area contributed by atoms with Gasteiger partial charge in [0.1, 0.15) is 0 Å². The molecule has 0 saturated carbocycles. The molecule has 1 aliphatic rings. The van der Waals surface area contributed by atoms with Crippen LogP contribution in [-0.2, 0) is 7.05 Å². The van der Waals surface area contributed by atoms with Gasteiger partial charge in [-0.2, -0.15) is 0 Å². The highest BCUT2D eigenvalue weighted by Crippen LogP contribution is 2.19. The second-order valence-electron chi connectivity index (χ2n) is 4.45. The first-order chi connectivity index (χ1) is 7.59. The molecule has 2 atom stereocenters. The molecule has 2 unspecified atom stereocenters. The lowest BCUT2D eigenvalue weighted by atomic mass is 9.96. The Kier molecular flexibility index (Phi) is 2.96. The molecule has 0 radical (unpaired) electrons. The van der Waals surface area contributed by atoms with E-state index in [4.69, 9.17) is 0 Å². The highest BCUT2D eigenvalue weighted by molar-refractivity contribution is 5.36. The molecular weight excluding hydrogens is 206 g/mol. The maximum absolute atomic E-state index is 11.8. The van der Waals surface area contributed by atoms with Crippen LogP contribution in [0.4, 0.5) is 5.82 Å². The Morgan fingerprint density at radius 3 is 3.00 bits per heavy atom. The standard InChI is InChI=1S/C11H17N3O2/c1-8-3-5-14(7-9(8)15)10-11(16)13(2)6-4-12-10/h4,6,8-9,15H,3,5,7H2,1-2H3. The lowest BCUT2D eigenvalue weighted by Gasteiger charge is -2.34. The van der Waals surface area contributed by atoms with Crippen molar-refractivity contribution in [2.24, 2.45) is 13.0 Å². The smallest absolute Gasteiger partial charge is 0.293 e. The van der Waals surface area contributed by atoms with E-state index < -0.39 is 0 Å². The van der Waals surface area contributed by atoms with Gasteiger partial charge in [0.15, 0.2) is 5.82 Å². The van der Waals surface area contributed by atoms with Crippen molar-refractivity contribution in [3.63, 3.8) is 0 Å². The van der Waals surface area contributed by atoms with E-state index in [0.29, 0.717) is 18.3 Å². The highest BCUT2D eigenvalue weighted by Gasteiger charge is 2.26. The quantitative estimate of drug-likeness (QED) is 0.727. The molecule has 2 rings (SSSR count). The van der Waals surface area contributed by atoms with Crippen molar-refractivity contribution in [2.75, 3.05) is 18.0 Å². The number of aromatic nitrogens is 2. The molecular formula is C11H17N3O2. The van der Waals surface area contributed by atoms with E-state index in [1.54, 1.807) is 19.4 Å². The number of anilines is 1. The van der Waals surface area contributed by atoms with Crippen molar-refractivity contribution in [1.82, 2.24) is 9.55 Å². The number of nitrogens with zero attached hydrogens (tertiary/aromatic N) is 3. The predicted molar refractivity (Wildman–Crippen MR) is 61.5 cm³/mol. The number of hydrogen-bond acceptors (Lipinski definition) is 4. The minimum absolute atomic E-state index is 0.107. The molecule has 0 amide bonds. The number of aryl methyl sites for hydroxylation is 1. The maximum atomic E-state index is 11.8. The van der Waals surface area contributed by atoms with E-state index in [-0.39, 0.29) is 11.7 Å². The minimum Gasteiger partial charge on any atom is -0.391 e. The fourth-order valence-corrected chi connectivity index (χ4v) is 1.94. The van der Waals surface area contributed by atoms with E-state index in [0.717, 1.165) is 13.0 Å². The van der Waals surface area contributed by atoms with Gasteiger partial charge in [-0.25, -0.2) is 4.98 Å². The van der Waals surface area contributed by atoms with Crippen molar-refractivity contribution >= 4 is 5.82 Å². The molecule has 1 aromatic heterocycles. The van der Waals surface area contributed by atoms with Crippen LogP contribution < -0.4 is 10.5 Å². The molecule has 5 nitrogen and oxygen atoms in total. The molecule has 0 bridgehead atoms. The Bertz CT molecular complexity index is 429. The first-order valence-corrected chi connectivity index (χ1v) is 5.54. The van der Waals surface area contributed by atoms with Gasteiger partial charge < -0.3 is 14.6 Å². The van der Waals surface area contributed by atoms with Crippen LogP contribution in [-0.4, -0.2) is 33.9 Å². The molecule has 16 heavy (non-hydrogen) atoms. The van der Waals surface area contributed by atoms with Crippen molar-refractivity contribution < 1.29 is 5.11 Å². The Labute approximate surface area is 94.3 Å². The Morgan fingerprint density at radius 2 is 2.31 bits per heavy atom. The number of rotatable bonds is 1. The van der Waals surface area contributed by atoms with Crippen LogP contribution in [0.3, 0.4) is 0 Å². The summed E-state index contributed by atoms with van der Waals surface area (Å²) in [5.41, 5.74) is -0.107. The van der Waals surface area contributed by atoms with Gasteiger partial charge in [0.2, 0.25) is 0 Å². The van der Waals surface area contributed by atoms with E-state index in [1.165, 1.54) is 4.57 Å². The summed E-state index contributed by atoms with van der Waals surface area (Å²) >= 11 is 0. The SMILES string of the molecule is CC1CCN(c2nccn(C)c2=O)CC1O. The lowest BCUT2D eigenvalue weighted by Crippen LogP contribution is -2.45.